The van der Waals surface area contributed by atoms with Crippen LogP contribution in [0.25, 0.3) is 0 Å². The van der Waals surface area contributed by atoms with Gasteiger partial charge >= 0.3 is 0 Å². The van der Waals surface area contributed by atoms with E-state index in [1.165, 1.54) is 5.56 Å². The summed E-state index contributed by atoms with van der Waals surface area (Å²) >= 11 is 17.5. The Kier molecular flexibility index (Phi) is 6.75. The summed E-state index contributed by atoms with van der Waals surface area (Å²) in [7, 11) is 0.318. The molecule has 2 unspecified atom stereocenters. The molecule has 0 aromatic heterocycles. The van der Waals surface area contributed by atoms with Crippen molar-refractivity contribution in [3.05, 3.63) is 35.9 Å². The van der Waals surface area contributed by atoms with Crippen LogP contribution in [0.4, 0.5) is 0 Å². The van der Waals surface area contributed by atoms with Crippen LogP contribution >= 0.6 is 48.3 Å². The van der Waals surface area contributed by atoms with E-state index in [4.69, 9.17) is 33.7 Å². The number of rotatable bonds is 5. The first-order valence-electron chi connectivity index (χ1n) is 4.25. The molecule has 0 nitrogen and oxygen atoms in total. The molecule has 0 bridgehead atoms. The SMILES string of the molecule is ClPC(CCc1ccccc1)P(Cl)Cl. The molecule has 1 aromatic carbocycles. The van der Waals surface area contributed by atoms with Gasteiger partial charge in [-0.2, -0.15) is 0 Å². The molecule has 0 N–H and O–H groups in total. The van der Waals surface area contributed by atoms with Crippen molar-refractivity contribution >= 4 is 48.3 Å². The Labute approximate surface area is 102 Å². The maximum Gasteiger partial charge on any atom is 0.0938 e. The molecular formula is C9H11Cl3P2. The maximum absolute atomic E-state index is 5.86. The van der Waals surface area contributed by atoms with Gasteiger partial charge in [-0.25, -0.2) is 0 Å². The van der Waals surface area contributed by atoms with E-state index < -0.39 is 6.63 Å². The van der Waals surface area contributed by atoms with Crippen LogP contribution in [0.3, 0.4) is 0 Å². The topological polar surface area (TPSA) is 0 Å². The maximum atomic E-state index is 5.86. The molecule has 1 aromatic rings. The number of aryl methyl sites for hydroxylation is 1. The summed E-state index contributed by atoms with van der Waals surface area (Å²) in [6, 6.07) is 10.3. The first kappa shape index (κ1) is 13.0. The van der Waals surface area contributed by atoms with E-state index >= 15 is 0 Å². The van der Waals surface area contributed by atoms with Gasteiger partial charge in [-0.15, -0.1) is 0 Å². The van der Waals surface area contributed by atoms with Gasteiger partial charge < -0.3 is 0 Å². The fourth-order valence-electron chi connectivity index (χ4n) is 1.14. The monoisotopic (exact) mass is 286 g/mol. The molecule has 0 aliphatic rings. The van der Waals surface area contributed by atoms with Gasteiger partial charge in [0.05, 0.1) is 6.63 Å². The number of hydrogen-bond donors (Lipinski definition) is 0. The summed E-state index contributed by atoms with van der Waals surface area (Å²) < 4.78 is 0. The molecule has 2 atom stereocenters. The molecule has 0 aliphatic carbocycles. The molecular weight excluding hydrogens is 276 g/mol. The summed E-state index contributed by atoms with van der Waals surface area (Å²) in [4.78, 5) is 0. The van der Waals surface area contributed by atoms with Gasteiger partial charge in [0.25, 0.3) is 0 Å². The van der Waals surface area contributed by atoms with Crippen molar-refractivity contribution in [2.75, 3.05) is 0 Å². The average Bonchev–Trinajstić information content (AvgIpc) is 2.20. The molecule has 1 rings (SSSR count). The Hall–Kier alpha value is 0.950. The minimum absolute atomic E-state index is 0.273. The van der Waals surface area contributed by atoms with Gasteiger partial charge in [0.2, 0.25) is 0 Å². The van der Waals surface area contributed by atoms with Gasteiger partial charge in [0.15, 0.2) is 0 Å². The molecule has 0 spiro atoms. The minimum atomic E-state index is -0.935. The summed E-state index contributed by atoms with van der Waals surface area (Å²) in [5.41, 5.74) is 1.32. The third kappa shape index (κ3) is 4.65. The second kappa shape index (κ2) is 7.26. The third-order valence-corrected chi connectivity index (χ3v) is 7.99. The zero-order valence-corrected chi connectivity index (χ0v) is 11.6. The van der Waals surface area contributed by atoms with Gasteiger partial charge in [-0.3, -0.25) is 0 Å². The number of benzene rings is 1. The lowest BCUT2D eigenvalue weighted by Crippen LogP contribution is -1.94. The molecule has 0 radical (unpaired) electrons. The Morgan fingerprint density at radius 3 is 2.36 bits per heavy atom. The van der Waals surface area contributed by atoms with E-state index in [-0.39, 0.29) is 5.40 Å². The van der Waals surface area contributed by atoms with Crippen LogP contribution < -0.4 is 0 Å². The lowest BCUT2D eigenvalue weighted by atomic mass is 10.1. The molecule has 5 heteroatoms. The van der Waals surface area contributed by atoms with E-state index in [2.05, 4.69) is 12.1 Å². The third-order valence-electron chi connectivity index (χ3n) is 1.91. The van der Waals surface area contributed by atoms with Crippen LogP contribution in [0, 0.1) is 0 Å². The van der Waals surface area contributed by atoms with Gasteiger partial charge in [-0.05, 0) is 26.3 Å². The summed E-state index contributed by atoms with van der Waals surface area (Å²) in [6.45, 7) is -0.935. The molecule has 0 aliphatic heterocycles. The average molecular weight is 287 g/mol. The van der Waals surface area contributed by atoms with Crippen LogP contribution in [0.2, 0.25) is 0 Å². The van der Waals surface area contributed by atoms with Crippen molar-refractivity contribution in [1.82, 2.24) is 0 Å². The molecule has 0 amide bonds. The Balaban J connectivity index is 2.40. The molecule has 0 heterocycles. The highest BCUT2D eigenvalue weighted by Gasteiger charge is 2.15. The van der Waals surface area contributed by atoms with Crippen molar-refractivity contribution < 1.29 is 0 Å². The molecule has 78 valence electrons. The van der Waals surface area contributed by atoms with Gasteiger partial charge in [-0.1, -0.05) is 64.1 Å². The highest BCUT2D eigenvalue weighted by atomic mass is 35.9. The summed E-state index contributed by atoms with van der Waals surface area (Å²) in [6.07, 6.45) is 1.98. The predicted octanol–water partition coefficient (Wildman–Crippen LogP) is 5.57. The molecule has 14 heavy (non-hydrogen) atoms. The quantitative estimate of drug-likeness (QED) is 0.621. The van der Waals surface area contributed by atoms with E-state index in [0.717, 1.165) is 12.8 Å². The van der Waals surface area contributed by atoms with Crippen molar-refractivity contribution in [3.63, 3.8) is 0 Å². The second-order valence-electron chi connectivity index (χ2n) is 2.91. The standard InChI is InChI=1S/C9H11Cl3P2/c10-13-9(14(11)12)7-6-8-4-2-1-3-5-8/h1-5,9,13H,6-7H2. The lowest BCUT2D eigenvalue weighted by Gasteiger charge is -2.13. The van der Waals surface area contributed by atoms with Crippen molar-refractivity contribution in [3.8, 4) is 0 Å². The van der Waals surface area contributed by atoms with Gasteiger partial charge in [0, 0.05) is 5.40 Å². The van der Waals surface area contributed by atoms with Crippen molar-refractivity contribution in [2.24, 2.45) is 0 Å². The summed E-state index contributed by atoms with van der Waals surface area (Å²) in [5, 5.41) is 0.273. The highest BCUT2D eigenvalue weighted by Crippen LogP contribution is 2.60. The zero-order chi connectivity index (χ0) is 10.4. The van der Waals surface area contributed by atoms with Crippen LogP contribution in [0.15, 0.2) is 30.3 Å². The second-order valence-corrected chi connectivity index (χ2v) is 8.81. The smallest absolute Gasteiger partial charge is 0.0938 e. The highest BCUT2D eigenvalue weighted by molar-refractivity contribution is 8.08. The largest absolute Gasteiger partial charge is 0.0993 e. The van der Waals surface area contributed by atoms with Gasteiger partial charge in [0.1, 0.15) is 0 Å². The Morgan fingerprint density at radius 1 is 1.21 bits per heavy atom. The molecule has 0 saturated heterocycles. The number of halogens is 3. The minimum Gasteiger partial charge on any atom is -0.0993 e. The first-order chi connectivity index (χ1) is 6.74. The van der Waals surface area contributed by atoms with Crippen LogP contribution in [-0.2, 0) is 6.42 Å². The molecule has 0 fully saturated rings. The van der Waals surface area contributed by atoms with E-state index in [1.54, 1.807) is 0 Å². The van der Waals surface area contributed by atoms with E-state index in [9.17, 15) is 0 Å². The first-order valence-corrected chi connectivity index (χ1v) is 9.56. The Bertz CT molecular complexity index is 253. The van der Waals surface area contributed by atoms with Crippen molar-refractivity contribution in [2.45, 2.75) is 18.2 Å². The van der Waals surface area contributed by atoms with Crippen LogP contribution in [-0.4, -0.2) is 5.40 Å². The normalized spacial score (nSPS) is 14.0. The fourth-order valence-corrected chi connectivity index (χ4v) is 5.58. The number of hydrogen-bond acceptors (Lipinski definition) is 0. The van der Waals surface area contributed by atoms with E-state index in [1.807, 2.05) is 18.2 Å². The molecule has 0 saturated carbocycles. The summed E-state index contributed by atoms with van der Waals surface area (Å²) in [5.74, 6) is 0. The zero-order valence-electron chi connectivity index (χ0n) is 7.46. The predicted molar refractivity (Wildman–Crippen MR) is 71.3 cm³/mol. The fraction of sp³-hybridized carbons (Fsp3) is 0.333. The van der Waals surface area contributed by atoms with Crippen LogP contribution in [0.1, 0.15) is 12.0 Å². The van der Waals surface area contributed by atoms with E-state index in [0.29, 0.717) is 7.93 Å². The van der Waals surface area contributed by atoms with Crippen molar-refractivity contribution in [1.29, 1.82) is 0 Å². The lowest BCUT2D eigenvalue weighted by molar-refractivity contribution is 0.902. The van der Waals surface area contributed by atoms with Crippen LogP contribution in [0.5, 0.6) is 0 Å². The Morgan fingerprint density at radius 2 is 1.86 bits per heavy atom.